The van der Waals surface area contributed by atoms with Gasteiger partial charge in [-0.05, 0) is 19.1 Å². The Balaban J connectivity index is 2.28. The first-order valence-electron chi connectivity index (χ1n) is 5.71. The molecule has 7 heteroatoms. The van der Waals surface area contributed by atoms with Crippen molar-refractivity contribution in [3.8, 4) is 11.6 Å². The van der Waals surface area contributed by atoms with Crippen molar-refractivity contribution < 1.29 is 9.66 Å². The van der Waals surface area contributed by atoms with Gasteiger partial charge in [-0.2, -0.15) is 0 Å². The minimum Gasteiger partial charge on any atom is -0.439 e. The average Bonchev–Trinajstić information content (AvgIpc) is 2.41. The molecule has 0 saturated carbocycles. The number of ether oxygens (including phenoxy) is 1. The van der Waals surface area contributed by atoms with E-state index in [1.54, 1.807) is 31.2 Å². The number of hydrogen-bond donors (Lipinski definition) is 2. The van der Waals surface area contributed by atoms with Crippen LogP contribution in [0.1, 0.15) is 11.1 Å². The molecule has 0 radical (unpaired) electrons. The van der Waals surface area contributed by atoms with Crippen LogP contribution in [0.4, 0.5) is 5.69 Å². The Labute approximate surface area is 114 Å². The van der Waals surface area contributed by atoms with Gasteiger partial charge in [0.15, 0.2) is 0 Å². The Morgan fingerprint density at radius 1 is 1.40 bits per heavy atom. The van der Waals surface area contributed by atoms with Gasteiger partial charge in [0.25, 0.3) is 5.69 Å². The lowest BCUT2D eigenvalue weighted by Gasteiger charge is -2.08. The molecular weight excluding hydrogens is 260 g/mol. The van der Waals surface area contributed by atoms with Gasteiger partial charge in [-0.25, -0.2) is 4.98 Å². The molecule has 0 bridgehead atoms. The Hall–Kier alpha value is -2.96. The summed E-state index contributed by atoms with van der Waals surface area (Å²) in [6, 6.07) is 7.73. The van der Waals surface area contributed by atoms with Gasteiger partial charge in [-0.3, -0.25) is 15.5 Å². The van der Waals surface area contributed by atoms with Crippen LogP contribution in [0, 0.1) is 22.4 Å². The Morgan fingerprint density at radius 3 is 2.70 bits per heavy atom. The number of aromatic nitrogens is 1. The maximum absolute atomic E-state index is 10.8. The molecule has 0 fully saturated rings. The second kappa shape index (κ2) is 5.35. The lowest BCUT2D eigenvalue weighted by atomic mass is 10.2. The molecule has 102 valence electrons. The number of pyridine rings is 1. The lowest BCUT2D eigenvalue weighted by molar-refractivity contribution is -0.385. The largest absolute Gasteiger partial charge is 0.439 e. The van der Waals surface area contributed by atoms with E-state index in [1.807, 2.05) is 0 Å². The number of nitrogens with zero attached hydrogens (tertiary/aromatic N) is 2. The Bertz CT molecular complexity index is 668. The van der Waals surface area contributed by atoms with E-state index in [2.05, 4.69) is 4.98 Å². The predicted molar refractivity (Wildman–Crippen MR) is 73.2 cm³/mol. The molecule has 3 N–H and O–H groups in total. The van der Waals surface area contributed by atoms with Gasteiger partial charge in [-0.1, -0.05) is 6.07 Å². The molecule has 0 amide bonds. The summed E-state index contributed by atoms with van der Waals surface area (Å²) in [7, 11) is 0. The number of nitrogens with one attached hydrogen (secondary N) is 1. The van der Waals surface area contributed by atoms with Crippen LogP contribution < -0.4 is 10.5 Å². The predicted octanol–water partition coefficient (Wildman–Crippen LogP) is 2.37. The van der Waals surface area contributed by atoms with E-state index in [4.69, 9.17) is 15.9 Å². The van der Waals surface area contributed by atoms with E-state index in [-0.39, 0.29) is 17.4 Å². The highest BCUT2D eigenvalue weighted by molar-refractivity contribution is 5.94. The molecule has 0 atom stereocenters. The molecule has 1 heterocycles. The molecule has 0 unspecified atom stereocenters. The maximum Gasteiger partial charge on any atom is 0.276 e. The van der Waals surface area contributed by atoms with E-state index in [0.29, 0.717) is 16.9 Å². The zero-order valence-electron chi connectivity index (χ0n) is 10.7. The summed E-state index contributed by atoms with van der Waals surface area (Å²) in [5.41, 5.74) is 6.22. The van der Waals surface area contributed by atoms with Gasteiger partial charge in [0.2, 0.25) is 5.88 Å². The van der Waals surface area contributed by atoms with E-state index in [9.17, 15) is 10.1 Å². The lowest BCUT2D eigenvalue weighted by Crippen LogP contribution is -2.11. The Kier molecular flexibility index (Phi) is 3.60. The SMILES string of the molecule is Cc1c(Oc2ccc(C(=N)N)cn2)cccc1[N+](=O)[O-]. The Morgan fingerprint density at radius 2 is 2.15 bits per heavy atom. The molecule has 0 spiro atoms. The number of nitro benzene ring substituents is 1. The van der Waals surface area contributed by atoms with Gasteiger partial charge in [0, 0.05) is 23.9 Å². The van der Waals surface area contributed by atoms with E-state index < -0.39 is 4.92 Å². The monoisotopic (exact) mass is 272 g/mol. The minimum atomic E-state index is -0.464. The van der Waals surface area contributed by atoms with Crippen LogP contribution in [-0.2, 0) is 0 Å². The number of nitrogens with two attached hydrogens (primary N) is 1. The van der Waals surface area contributed by atoms with Gasteiger partial charge in [-0.15, -0.1) is 0 Å². The second-order valence-electron chi connectivity index (χ2n) is 4.06. The zero-order chi connectivity index (χ0) is 14.7. The van der Waals surface area contributed by atoms with Crippen LogP contribution in [-0.4, -0.2) is 15.7 Å². The summed E-state index contributed by atoms with van der Waals surface area (Å²) < 4.78 is 5.51. The van der Waals surface area contributed by atoms with Crippen molar-refractivity contribution in [1.29, 1.82) is 5.41 Å². The van der Waals surface area contributed by atoms with Gasteiger partial charge in [0.05, 0.1) is 10.5 Å². The molecule has 2 aromatic rings. The topological polar surface area (TPSA) is 115 Å². The summed E-state index contributed by atoms with van der Waals surface area (Å²) in [4.78, 5) is 14.4. The number of amidine groups is 1. The zero-order valence-corrected chi connectivity index (χ0v) is 10.7. The van der Waals surface area contributed by atoms with Crippen molar-refractivity contribution in [2.75, 3.05) is 0 Å². The van der Waals surface area contributed by atoms with Crippen LogP contribution >= 0.6 is 0 Å². The van der Waals surface area contributed by atoms with E-state index in [1.165, 1.54) is 12.3 Å². The molecule has 1 aromatic heterocycles. The van der Waals surface area contributed by atoms with Crippen molar-refractivity contribution in [2.45, 2.75) is 6.92 Å². The quantitative estimate of drug-likeness (QED) is 0.383. The van der Waals surface area contributed by atoms with Gasteiger partial charge >= 0.3 is 0 Å². The molecule has 0 aliphatic carbocycles. The first kappa shape index (κ1) is 13.5. The van der Waals surface area contributed by atoms with Crippen LogP contribution in [0.5, 0.6) is 11.6 Å². The van der Waals surface area contributed by atoms with Crippen molar-refractivity contribution in [1.82, 2.24) is 4.98 Å². The molecule has 2 rings (SSSR count). The number of nitrogen functional groups attached to an aromatic ring is 1. The third-order valence-electron chi connectivity index (χ3n) is 2.71. The highest BCUT2D eigenvalue weighted by Gasteiger charge is 2.14. The number of benzene rings is 1. The third kappa shape index (κ3) is 2.72. The summed E-state index contributed by atoms with van der Waals surface area (Å²) in [5, 5.41) is 18.1. The smallest absolute Gasteiger partial charge is 0.276 e. The fourth-order valence-electron chi connectivity index (χ4n) is 1.62. The van der Waals surface area contributed by atoms with Gasteiger partial charge in [0.1, 0.15) is 11.6 Å². The molecule has 0 saturated heterocycles. The summed E-state index contributed by atoms with van der Waals surface area (Å²) in [6.07, 6.45) is 1.41. The van der Waals surface area contributed by atoms with Crippen molar-refractivity contribution in [3.05, 3.63) is 57.8 Å². The highest BCUT2D eigenvalue weighted by atomic mass is 16.6. The standard InChI is InChI=1S/C13H12N4O3/c1-8-10(17(18)19)3-2-4-11(8)20-12-6-5-9(7-16-12)13(14)15/h2-7H,1H3,(H3,14,15). The third-order valence-corrected chi connectivity index (χ3v) is 2.71. The van der Waals surface area contributed by atoms with Crippen LogP contribution in [0.25, 0.3) is 0 Å². The summed E-state index contributed by atoms with van der Waals surface area (Å²) in [6.45, 7) is 1.61. The summed E-state index contributed by atoms with van der Waals surface area (Å²) in [5.74, 6) is 0.552. The molecular formula is C13H12N4O3. The van der Waals surface area contributed by atoms with E-state index in [0.717, 1.165) is 0 Å². The second-order valence-corrected chi connectivity index (χ2v) is 4.06. The highest BCUT2D eigenvalue weighted by Crippen LogP contribution is 2.30. The maximum atomic E-state index is 10.8. The first-order valence-corrected chi connectivity index (χ1v) is 5.71. The number of hydrogen-bond acceptors (Lipinski definition) is 5. The molecule has 7 nitrogen and oxygen atoms in total. The molecule has 20 heavy (non-hydrogen) atoms. The normalized spacial score (nSPS) is 10.1. The molecule has 1 aromatic carbocycles. The molecule has 0 aliphatic heterocycles. The fourth-order valence-corrected chi connectivity index (χ4v) is 1.62. The number of rotatable bonds is 4. The van der Waals surface area contributed by atoms with Crippen molar-refractivity contribution in [3.63, 3.8) is 0 Å². The fraction of sp³-hybridized carbons (Fsp3) is 0.0769. The summed E-state index contributed by atoms with van der Waals surface area (Å²) >= 11 is 0. The van der Waals surface area contributed by atoms with Gasteiger partial charge < -0.3 is 10.5 Å². The molecule has 0 aliphatic rings. The van der Waals surface area contributed by atoms with Crippen LogP contribution in [0.3, 0.4) is 0 Å². The first-order chi connectivity index (χ1) is 9.49. The average molecular weight is 272 g/mol. The van der Waals surface area contributed by atoms with Crippen molar-refractivity contribution in [2.24, 2.45) is 5.73 Å². The van der Waals surface area contributed by atoms with Crippen LogP contribution in [0.2, 0.25) is 0 Å². The van der Waals surface area contributed by atoms with Crippen molar-refractivity contribution >= 4 is 11.5 Å². The minimum absolute atomic E-state index is 0.0112. The number of nitro groups is 1. The van der Waals surface area contributed by atoms with Crippen LogP contribution in [0.15, 0.2) is 36.5 Å². The van der Waals surface area contributed by atoms with E-state index >= 15 is 0 Å².